The lowest BCUT2D eigenvalue weighted by atomic mass is 9.91. The van der Waals surface area contributed by atoms with Crippen molar-refractivity contribution in [3.8, 4) is 0 Å². The zero-order chi connectivity index (χ0) is 26.3. The topological polar surface area (TPSA) is 58.8 Å². The van der Waals surface area contributed by atoms with Gasteiger partial charge in [-0.3, -0.25) is 14.7 Å². The molecule has 1 amide bonds. The van der Waals surface area contributed by atoms with Crippen molar-refractivity contribution < 1.29 is 13.9 Å². The molecule has 38 heavy (non-hydrogen) atoms. The molecule has 0 bridgehead atoms. The number of furan rings is 1. The van der Waals surface area contributed by atoms with Crippen LogP contribution in [0.5, 0.6) is 0 Å². The molecule has 2 aliphatic rings. The molecule has 1 saturated heterocycles. The van der Waals surface area contributed by atoms with Crippen LogP contribution in [0.1, 0.15) is 92.2 Å². The van der Waals surface area contributed by atoms with E-state index in [1.165, 1.54) is 24.1 Å². The first-order valence-electron chi connectivity index (χ1n) is 14.8. The molecule has 6 nitrogen and oxygen atoms in total. The quantitative estimate of drug-likeness (QED) is 0.269. The average molecular weight is 518 g/mol. The van der Waals surface area contributed by atoms with E-state index in [2.05, 4.69) is 30.9 Å². The number of rotatable bonds is 11. The Hall–Kier alpha value is -2.70. The van der Waals surface area contributed by atoms with Crippen molar-refractivity contribution in [3.05, 3.63) is 65.2 Å². The number of pyridine rings is 1. The van der Waals surface area contributed by atoms with Crippen molar-refractivity contribution >= 4 is 16.9 Å². The van der Waals surface area contributed by atoms with Gasteiger partial charge < -0.3 is 14.1 Å². The highest BCUT2D eigenvalue weighted by atomic mass is 16.5. The lowest BCUT2D eigenvalue weighted by Gasteiger charge is -2.35. The number of carbonyl (C=O) groups is 1. The van der Waals surface area contributed by atoms with Crippen molar-refractivity contribution in [1.82, 2.24) is 14.8 Å². The third-order valence-corrected chi connectivity index (χ3v) is 8.32. The number of fused-ring (bicyclic) bond motifs is 2. The minimum Gasteiger partial charge on any atom is -0.460 e. The first kappa shape index (κ1) is 26.9. The smallest absolute Gasteiger partial charge is 0.258 e. The highest BCUT2D eigenvalue weighted by Gasteiger charge is 2.29. The molecule has 204 valence electrons. The van der Waals surface area contributed by atoms with Gasteiger partial charge in [-0.25, -0.2) is 0 Å². The zero-order valence-electron chi connectivity index (χ0n) is 23.2. The number of para-hydroxylation sites is 1. The predicted molar refractivity (Wildman–Crippen MR) is 151 cm³/mol. The number of hydrogen-bond acceptors (Lipinski definition) is 5. The highest BCUT2D eigenvalue weighted by Crippen LogP contribution is 2.33. The van der Waals surface area contributed by atoms with E-state index in [9.17, 15) is 4.79 Å². The minimum atomic E-state index is 0.111. The highest BCUT2D eigenvalue weighted by molar-refractivity contribution is 6.07. The number of benzene rings is 1. The number of amides is 1. The maximum Gasteiger partial charge on any atom is 0.258 e. The molecule has 1 fully saturated rings. The second-order valence-corrected chi connectivity index (χ2v) is 10.8. The standard InChI is InChI=1S/C32H43N3O3/c1-3-5-15-29-30(26-13-6-7-16-28(26)38-29)32(36)35-21-17-25(18-22-35)37-23-10-20-34(4-2)27-14-8-11-24-12-9-19-33-31(24)27/h6-7,9,12-13,16,19,25,27H,3-5,8,10-11,14-15,17-18,20-23H2,1-2H3. The lowest BCUT2D eigenvalue weighted by Crippen LogP contribution is -2.41. The molecule has 0 saturated carbocycles. The number of nitrogens with zero attached hydrogens (tertiary/aromatic N) is 3. The molecule has 0 N–H and O–H groups in total. The first-order chi connectivity index (χ1) is 18.7. The molecule has 0 radical (unpaired) electrons. The Morgan fingerprint density at radius 3 is 2.76 bits per heavy atom. The summed E-state index contributed by atoms with van der Waals surface area (Å²) in [6, 6.07) is 12.7. The third kappa shape index (κ3) is 5.97. The number of aryl methyl sites for hydroxylation is 2. The normalized spacial score (nSPS) is 18.3. The van der Waals surface area contributed by atoms with Crippen LogP contribution in [0.2, 0.25) is 0 Å². The number of hydrogen-bond donors (Lipinski definition) is 0. The fourth-order valence-electron chi connectivity index (χ4n) is 6.22. The summed E-state index contributed by atoms with van der Waals surface area (Å²) in [5, 5.41) is 0.943. The molecule has 6 heteroatoms. The van der Waals surface area contributed by atoms with E-state index in [-0.39, 0.29) is 12.0 Å². The minimum absolute atomic E-state index is 0.111. The van der Waals surface area contributed by atoms with Gasteiger partial charge in [0.2, 0.25) is 0 Å². The van der Waals surface area contributed by atoms with Crippen molar-refractivity contribution in [3.63, 3.8) is 0 Å². The van der Waals surface area contributed by atoms with Crippen LogP contribution in [-0.2, 0) is 17.6 Å². The Kier molecular flexibility index (Phi) is 9.13. The van der Waals surface area contributed by atoms with E-state index >= 15 is 0 Å². The molecule has 1 unspecified atom stereocenters. The monoisotopic (exact) mass is 517 g/mol. The summed E-state index contributed by atoms with van der Waals surface area (Å²) in [7, 11) is 0. The Bertz CT molecular complexity index is 1200. The predicted octanol–water partition coefficient (Wildman–Crippen LogP) is 6.58. The van der Waals surface area contributed by atoms with Crippen LogP contribution < -0.4 is 0 Å². The molecule has 3 heterocycles. The van der Waals surface area contributed by atoms with Crippen LogP contribution >= 0.6 is 0 Å². The average Bonchev–Trinajstić information content (AvgIpc) is 3.34. The van der Waals surface area contributed by atoms with Crippen LogP contribution in [0.25, 0.3) is 11.0 Å². The van der Waals surface area contributed by atoms with E-state index < -0.39 is 0 Å². The maximum absolute atomic E-state index is 13.6. The second-order valence-electron chi connectivity index (χ2n) is 10.8. The molecule has 2 aromatic heterocycles. The van der Waals surface area contributed by atoms with Gasteiger partial charge >= 0.3 is 0 Å². The summed E-state index contributed by atoms with van der Waals surface area (Å²) in [4.78, 5) is 22.9. The van der Waals surface area contributed by atoms with Gasteiger partial charge in [-0.2, -0.15) is 0 Å². The van der Waals surface area contributed by atoms with Crippen LogP contribution in [0.4, 0.5) is 0 Å². The third-order valence-electron chi connectivity index (χ3n) is 8.32. The van der Waals surface area contributed by atoms with E-state index in [0.717, 1.165) is 100 Å². The van der Waals surface area contributed by atoms with E-state index in [1.807, 2.05) is 35.4 Å². The summed E-state index contributed by atoms with van der Waals surface area (Å²) in [5.74, 6) is 0.951. The summed E-state index contributed by atoms with van der Waals surface area (Å²) in [5.41, 5.74) is 4.28. The molecule has 5 rings (SSSR count). The van der Waals surface area contributed by atoms with E-state index in [0.29, 0.717) is 6.04 Å². The summed E-state index contributed by atoms with van der Waals surface area (Å²) in [6.45, 7) is 8.73. The second kappa shape index (κ2) is 12.9. The van der Waals surface area contributed by atoms with Gasteiger partial charge in [0, 0.05) is 44.2 Å². The number of likely N-dealkylation sites (tertiary alicyclic amines) is 1. The summed E-state index contributed by atoms with van der Waals surface area (Å²) in [6.07, 6.45) is 11.5. The van der Waals surface area contributed by atoms with Crippen LogP contribution in [-0.4, -0.2) is 59.6 Å². The van der Waals surface area contributed by atoms with Gasteiger partial charge in [-0.15, -0.1) is 0 Å². The SMILES string of the molecule is CCCCc1oc2ccccc2c1C(=O)N1CCC(OCCCN(CC)C2CCCc3cccnc32)CC1. The van der Waals surface area contributed by atoms with Gasteiger partial charge in [-0.1, -0.05) is 44.5 Å². The zero-order valence-corrected chi connectivity index (χ0v) is 23.2. The molecule has 0 spiro atoms. The fraction of sp³-hybridized carbons (Fsp3) is 0.562. The largest absolute Gasteiger partial charge is 0.460 e. The van der Waals surface area contributed by atoms with Gasteiger partial charge in [0.15, 0.2) is 0 Å². The van der Waals surface area contributed by atoms with E-state index in [1.54, 1.807) is 0 Å². The molecule has 1 aliphatic carbocycles. The van der Waals surface area contributed by atoms with Gasteiger partial charge in [-0.05, 0) is 69.2 Å². The number of aromatic nitrogens is 1. The Balaban J connectivity index is 1.10. The van der Waals surface area contributed by atoms with Crippen LogP contribution in [0.15, 0.2) is 47.0 Å². The summed E-state index contributed by atoms with van der Waals surface area (Å²) >= 11 is 0. The molecule has 1 atom stereocenters. The lowest BCUT2D eigenvalue weighted by molar-refractivity contribution is 0.00403. The summed E-state index contributed by atoms with van der Waals surface area (Å²) < 4.78 is 12.4. The molecular weight excluding hydrogens is 474 g/mol. The number of piperidine rings is 1. The molecule has 1 aliphatic heterocycles. The van der Waals surface area contributed by atoms with Gasteiger partial charge in [0.05, 0.1) is 23.4 Å². The number of unbranched alkanes of at least 4 members (excludes halogenated alkanes) is 1. The van der Waals surface area contributed by atoms with Gasteiger partial charge in [0.1, 0.15) is 11.3 Å². The molecule has 1 aromatic carbocycles. The number of ether oxygens (including phenoxy) is 1. The number of carbonyl (C=O) groups excluding carboxylic acids is 1. The Labute approximate surface area is 227 Å². The molecular formula is C32H43N3O3. The maximum atomic E-state index is 13.6. The van der Waals surface area contributed by atoms with Crippen LogP contribution in [0, 0.1) is 0 Å². The van der Waals surface area contributed by atoms with Crippen molar-refractivity contribution in [2.24, 2.45) is 0 Å². The van der Waals surface area contributed by atoms with Crippen molar-refractivity contribution in [2.75, 3.05) is 32.8 Å². The van der Waals surface area contributed by atoms with Crippen molar-refractivity contribution in [1.29, 1.82) is 0 Å². The van der Waals surface area contributed by atoms with Crippen molar-refractivity contribution in [2.45, 2.75) is 83.8 Å². The fourth-order valence-corrected chi connectivity index (χ4v) is 6.22. The molecule has 3 aromatic rings. The van der Waals surface area contributed by atoms with E-state index in [4.69, 9.17) is 14.1 Å². The Morgan fingerprint density at radius 1 is 1.11 bits per heavy atom. The van der Waals surface area contributed by atoms with Gasteiger partial charge in [0.25, 0.3) is 5.91 Å². The first-order valence-corrected chi connectivity index (χ1v) is 14.8. The van der Waals surface area contributed by atoms with Crippen LogP contribution in [0.3, 0.4) is 0 Å². The Morgan fingerprint density at radius 2 is 1.95 bits per heavy atom.